The van der Waals surface area contributed by atoms with Gasteiger partial charge in [0.15, 0.2) is 5.69 Å². The minimum atomic E-state index is -0.168. The van der Waals surface area contributed by atoms with Crippen molar-refractivity contribution >= 4 is 5.91 Å². The molecule has 0 bridgehead atoms. The van der Waals surface area contributed by atoms with Gasteiger partial charge >= 0.3 is 0 Å². The number of amides is 1. The molecule has 5 nitrogen and oxygen atoms in total. The van der Waals surface area contributed by atoms with E-state index >= 15 is 0 Å². The summed E-state index contributed by atoms with van der Waals surface area (Å²) in [5, 5.41) is 6.90. The summed E-state index contributed by atoms with van der Waals surface area (Å²) < 4.78 is 7.68. The van der Waals surface area contributed by atoms with E-state index in [0.717, 1.165) is 11.3 Å². The highest BCUT2D eigenvalue weighted by Gasteiger charge is 2.23. The molecule has 1 aliphatic rings. The van der Waals surface area contributed by atoms with Crippen molar-refractivity contribution < 1.29 is 9.53 Å². The second-order valence-corrected chi connectivity index (χ2v) is 4.49. The monoisotopic (exact) mass is 257 g/mol. The van der Waals surface area contributed by atoms with Crippen LogP contribution in [0.3, 0.4) is 0 Å². The van der Waals surface area contributed by atoms with Gasteiger partial charge in [-0.25, -0.2) is 0 Å². The summed E-state index contributed by atoms with van der Waals surface area (Å²) in [5.41, 5.74) is 2.51. The van der Waals surface area contributed by atoms with Crippen molar-refractivity contribution in [3.8, 4) is 0 Å². The Balaban J connectivity index is 1.84. The number of nitrogens with one attached hydrogen (secondary N) is 1. The molecule has 0 spiro atoms. The van der Waals surface area contributed by atoms with Crippen molar-refractivity contribution in [1.82, 2.24) is 15.1 Å². The summed E-state index contributed by atoms with van der Waals surface area (Å²) in [6.07, 6.45) is -0.00821. The molecule has 19 heavy (non-hydrogen) atoms. The van der Waals surface area contributed by atoms with Gasteiger partial charge in [-0.05, 0) is 11.6 Å². The molecule has 1 aromatic heterocycles. The minimum Gasteiger partial charge on any atom is -0.365 e. The van der Waals surface area contributed by atoms with Gasteiger partial charge in [-0.15, -0.1) is 0 Å². The molecule has 0 saturated carbocycles. The number of hydrogen-bond donors (Lipinski definition) is 1. The average molecular weight is 257 g/mol. The Bertz CT molecular complexity index is 592. The Morgan fingerprint density at radius 2 is 2.21 bits per heavy atom. The molecule has 1 N–H and O–H groups in total. The summed E-state index contributed by atoms with van der Waals surface area (Å²) in [6, 6.07) is 11.8. The lowest BCUT2D eigenvalue weighted by atomic mass is 10.1. The molecule has 3 rings (SSSR count). The fourth-order valence-electron chi connectivity index (χ4n) is 2.23. The third-order valence-electron chi connectivity index (χ3n) is 3.27. The van der Waals surface area contributed by atoms with Crippen LogP contribution in [0.5, 0.6) is 0 Å². The van der Waals surface area contributed by atoms with Crippen molar-refractivity contribution in [3.63, 3.8) is 0 Å². The molecule has 1 aromatic carbocycles. The number of ether oxygens (including phenoxy) is 1. The van der Waals surface area contributed by atoms with Gasteiger partial charge in [0.05, 0.1) is 18.8 Å². The smallest absolute Gasteiger partial charge is 0.271 e. The van der Waals surface area contributed by atoms with Gasteiger partial charge in [-0.3, -0.25) is 9.48 Å². The second-order valence-electron chi connectivity index (χ2n) is 4.49. The van der Waals surface area contributed by atoms with E-state index in [0.29, 0.717) is 18.8 Å². The molecule has 2 aromatic rings. The van der Waals surface area contributed by atoms with E-state index in [9.17, 15) is 4.79 Å². The van der Waals surface area contributed by atoms with E-state index in [1.807, 2.05) is 35.0 Å². The predicted molar refractivity (Wildman–Crippen MR) is 69.6 cm³/mol. The highest BCUT2D eigenvalue weighted by atomic mass is 16.5. The summed E-state index contributed by atoms with van der Waals surface area (Å²) in [7, 11) is 1.60. The fraction of sp³-hybridized carbons (Fsp3) is 0.286. The first-order valence-corrected chi connectivity index (χ1v) is 6.23. The maximum Gasteiger partial charge on any atom is 0.271 e. The van der Waals surface area contributed by atoms with E-state index in [-0.39, 0.29) is 12.0 Å². The maximum absolute atomic E-state index is 11.6. The molecule has 0 radical (unpaired) electrons. The largest absolute Gasteiger partial charge is 0.365 e. The molecule has 0 aliphatic carbocycles. The van der Waals surface area contributed by atoms with Gasteiger partial charge in [0, 0.05) is 7.05 Å². The summed E-state index contributed by atoms with van der Waals surface area (Å²) in [6.45, 7) is 1.11. The molecule has 5 heteroatoms. The van der Waals surface area contributed by atoms with E-state index < -0.39 is 0 Å². The summed E-state index contributed by atoms with van der Waals surface area (Å²) in [5.74, 6) is -0.168. The maximum atomic E-state index is 11.6. The first-order chi connectivity index (χ1) is 9.28. The Morgan fingerprint density at radius 1 is 1.42 bits per heavy atom. The zero-order valence-electron chi connectivity index (χ0n) is 10.7. The van der Waals surface area contributed by atoms with Crippen LogP contribution in [0.25, 0.3) is 0 Å². The molecule has 1 atom stereocenters. The molecular weight excluding hydrogens is 242 g/mol. The Hall–Kier alpha value is -2.14. The molecule has 98 valence electrons. The number of hydrogen-bond acceptors (Lipinski definition) is 3. The Labute approximate surface area is 111 Å². The predicted octanol–water partition coefficient (Wildman–Crippen LogP) is 1.51. The minimum absolute atomic E-state index is 0.00821. The average Bonchev–Trinajstić information content (AvgIpc) is 2.90. The molecule has 0 fully saturated rings. The van der Waals surface area contributed by atoms with Crippen LogP contribution in [-0.4, -0.2) is 22.7 Å². The van der Waals surface area contributed by atoms with Crippen molar-refractivity contribution in [2.75, 3.05) is 7.05 Å². The zero-order chi connectivity index (χ0) is 13.2. The van der Waals surface area contributed by atoms with Crippen LogP contribution in [0.2, 0.25) is 0 Å². The SMILES string of the molecule is CNC(=O)c1cc2n(n1)C[C@@H](c1ccccc1)OC2. The fourth-order valence-corrected chi connectivity index (χ4v) is 2.23. The lowest BCUT2D eigenvalue weighted by Gasteiger charge is -2.24. The van der Waals surface area contributed by atoms with Crippen molar-refractivity contribution in [2.24, 2.45) is 0 Å². The first kappa shape index (κ1) is 11.9. The summed E-state index contributed by atoms with van der Waals surface area (Å²) >= 11 is 0. The normalized spacial score (nSPS) is 17.8. The van der Waals surface area contributed by atoms with Gasteiger partial charge in [-0.1, -0.05) is 30.3 Å². The van der Waals surface area contributed by atoms with Crippen LogP contribution in [0, 0.1) is 0 Å². The lowest BCUT2D eigenvalue weighted by Crippen LogP contribution is -2.22. The Kier molecular flexibility index (Phi) is 3.05. The second kappa shape index (κ2) is 4.85. The van der Waals surface area contributed by atoms with Crippen LogP contribution < -0.4 is 5.32 Å². The van der Waals surface area contributed by atoms with Crippen LogP contribution in [-0.2, 0) is 17.9 Å². The van der Waals surface area contributed by atoms with Gasteiger partial charge in [-0.2, -0.15) is 5.10 Å². The number of fused-ring (bicyclic) bond motifs is 1. The highest BCUT2D eigenvalue weighted by molar-refractivity contribution is 5.92. The van der Waals surface area contributed by atoms with Crippen LogP contribution >= 0.6 is 0 Å². The molecule has 0 unspecified atom stereocenters. The third kappa shape index (κ3) is 2.24. The number of carbonyl (C=O) groups is 1. The lowest BCUT2D eigenvalue weighted by molar-refractivity contribution is -0.00119. The van der Waals surface area contributed by atoms with Crippen LogP contribution in [0.1, 0.15) is 27.8 Å². The molecule has 0 saturated heterocycles. The topological polar surface area (TPSA) is 56.2 Å². The van der Waals surface area contributed by atoms with Crippen LogP contribution in [0.15, 0.2) is 36.4 Å². The third-order valence-corrected chi connectivity index (χ3v) is 3.27. The molecular formula is C14H15N3O2. The number of benzene rings is 1. The van der Waals surface area contributed by atoms with Crippen molar-refractivity contribution in [1.29, 1.82) is 0 Å². The van der Waals surface area contributed by atoms with E-state index in [2.05, 4.69) is 10.4 Å². The Morgan fingerprint density at radius 3 is 2.95 bits per heavy atom. The van der Waals surface area contributed by atoms with Gasteiger partial charge in [0.25, 0.3) is 5.91 Å². The van der Waals surface area contributed by atoms with Crippen molar-refractivity contribution in [3.05, 3.63) is 53.3 Å². The van der Waals surface area contributed by atoms with E-state index in [1.165, 1.54) is 0 Å². The number of rotatable bonds is 2. The van der Waals surface area contributed by atoms with Crippen molar-refractivity contribution in [2.45, 2.75) is 19.3 Å². The number of carbonyl (C=O) groups excluding carboxylic acids is 1. The standard InChI is InChI=1S/C14H15N3O2/c1-15-14(18)12-7-11-9-19-13(8-17(11)16-12)10-5-3-2-4-6-10/h2-7,13H,8-9H2,1H3,(H,15,18)/t13-/m0/s1. The summed E-state index contributed by atoms with van der Waals surface area (Å²) in [4.78, 5) is 11.6. The van der Waals surface area contributed by atoms with Gasteiger partial charge in [0.1, 0.15) is 6.10 Å². The quantitative estimate of drug-likeness (QED) is 0.887. The molecule has 1 amide bonds. The first-order valence-electron chi connectivity index (χ1n) is 6.23. The number of aromatic nitrogens is 2. The van der Waals surface area contributed by atoms with E-state index in [4.69, 9.17) is 4.74 Å². The van der Waals surface area contributed by atoms with E-state index in [1.54, 1.807) is 13.1 Å². The molecule has 1 aliphatic heterocycles. The van der Waals surface area contributed by atoms with Crippen LogP contribution in [0.4, 0.5) is 0 Å². The zero-order valence-corrected chi connectivity index (χ0v) is 10.7. The van der Waals surface area contributed by atoms with Gasteiger partial charge in [0.2, 0.25) is 0 Å². The number of nitrogens with zero attached hydrogens (tertiary/aromatic N) is 2. The molecule has 2 heterocycles. The highest BCUT2D eigenvalue weighted by Crippen LogP contribution is 2.26. The van der Waals surface area contributed by atoms with Gasteiger partial charge < -0.3 is 10.1 Å².